The van der Waals surface area contributed by atoms with Crippen molar-refractivity contribution in [2.75, 3.05) is 0 Å². The van der Waals surface area contributed by atoms with Crippen LogP contribution >= 0.6 is 24.8 Å². The highest BCUT2D eigenvalue weighted by molar-refractivity contribution is 5.85. The van der Waals surface area contributed by atoms with Gasteiger partial charge in [0, 0.05) is 0 Å². The van der Waals surface area contributed by atoms with Gasteiger partial charge < -0.3 is 10.7 Å². The maximum Gasteiger partial charge on any atom is 0.0931 e. The SMILES string of the molecule is Cl.Cl.NC(c1ccccc1)c1ccc2nc[nH]c2c1. The summed E-state index contributed by atoms with van der Waals surface area (Å²) in [6.45, 7) is 0. The zero-order valence-corrected chi connectivity index (χ0v) is 11.7. The fourth-order valence-electron chi connectivity index (χ4n) is 2.00. The molecule has 3 N–H and O–H groups in total. The molecule has 0 amide bonds. The summed E-state index contributed by atoms with van der Waals surface area (Å²) in [5, 5.41) is 0. The third kappa shape index (κ3) is 3.07. The zero-order chi connectivity index (χ0) is 11.7. The Morgan fingerprint density at radius 3 is 2.42 bits per heavy atom. The smallest absolute Gasteiger partial charge is 0.0931 e. The number of aromatic nitrogens is 2. The highest BCUT2D eigenvalue weighted by atomic mass is 35.5. The Bertz CT molecular complexity index is 637. The second-order valence-corrected chi connectivity index (χ2v) is 4.07. The monoisotopic (exact) mass is 295 g/mol. The molecule has 0 radical (unpaired) electrons. The molecule has 0 saturated carbocycles. The molecule has 19 heavy (non-hydrogen) atoms. The van der Waals surface area contributed by atoms with Crippen LogP contribution in [0.2, 0.25) is 0 Å². The van der Waals surface area contributed by atoms with Crippen molar-refractivity contribution in [1.29, 1.82) is 0 Å². The van der Waals surface area contributed by atoms with Crippen LogP contribution in [0.4, 0.5) is 0 Å². The van der Waals surface area contributed by atoms with Crippen molar-refractivity contribution >= 4 is 35.8 Å². The summed E-state index contributed by atoms with van der Waals surface area (Å²) in [6.07, 6.45) is 1.70. The van der Waals surface area contributed by atoms with E-state index in [1.54, 1.807) is 6.33 Å². The van der Waals surface area contributed by atoms with Crippen LogP contribution in [0.5, 0.6) is 0 Å². The van der Waals surface area contributed by atoms with E-state index in [1.807, 2.05) is 42.5 Å². The first-order valence-electron chi connectivity index (χ1n) is 5.58. The van der Waals surface area contributed by atoms with Crippen molar-refractivity contribution in [3.05, 3.63) is 66.0 Å². The van der Waals surface area contributed by atoms with Gasteiger partial charge in [-0.2, -0.15) is 0 Å². The number of halogens is 2. The minimum Gasteiger partial charge on any atom is -0.345 e. The molecule has 1 aromatic heterocycles. The topological polar surface area (TPSA) is 54.7 Å². The van der Waals surface area contributed by atoms with E-state index in [9.17, 15) is 0 Å². The normalized spacial score (nSPS) is 11.4. The second kappa shape index (κ2) is 6.57. The van der Waals surface area contributed by atoms with Crippen molar-refractivity contribution in [2.45, 2.75) is 6.04 Å². The van der Waals surface area contributed by atoms with E-state index < -0.39 is 0 Å². The van der Waals surface area contributed by atoms with Crippen molar-refractivity contribution in [2.24, 2.45) is 5.73 Å². The third-order valence-electron chi connectivity index (χ3n) is 2.96. The Morgan fingerprint density at radius 1 is 0.947 bits per heavy atom. The molecule has 0 aliphatic carbocycles. The van der Waals surface area contributed by atoms with Crippen LogP contribution in [-0.4, -0.2) is 9.97 Å². The first kappa shape index (κ1) is 15.5. The molecule has 2 aromatic carbocycles. The van der Waals surface area contributed by atoms with Gasteiger partial charge in [-0.15, -0.1) is 24.8 Å². The molecule has 0 aliphatic heterocycles. The molecule has 1 unspecified atom stereocenters. The number of imidazole rings is 1. The lowest BCUT2D eigenvalue weighted by atomic mass is 9.99. The standard InChI is InChI=1S/C14H13N3.2ClH/c15-14(10-4-2-1-3-5-10)11-6-7-12-13(8-11)17-9-16-12;;/h1-9,14H,15H2,(H,16,17);2*1H. The van der Waals surface area contributed by atoms with Crippen LogP contribution in [0.25, 0.3) is 11.0 Å². The highest BCUT2D eigenvalue weighted by Gasteiger charge is 2.09. The number of hydrogen-bond donors (Lipinski definition) is 2. The summed E-state index contributed by atoms with van der Waals surface area (Å²) in [5.74, 6) is 0. The Hall–Kier alpha value is -1.55. The van der Waals surface area contributed by atoms with Crippen LogP contribution in [-0.2, 0) is 0 Å². The lowest BCUT2D eigenvalue weighted by Gasteiger charge is -2.12. The number of fused-ring (bicyclic) bond motifs is 1. The van der Waals surface area contributed by atoms with Gasteiger partial charge in [0.25, 0.3) is 0 Å². The predicted molar refractivity (Wildman–Crippen MR) is 83.1 cm³/mol. The maximum absolute atomic E-state index is 6.24. The molecule has 0 spiro atoms. The molecule has 3 nitrogen and oxygen atoms in total. The molecular weight excluding hydrogens is 281 g/mol. The summed E-state index contributed by atoms with van der Waals surface area (Å²) in [5.41, 5.74) is 10.4. The van der Waals surface area contributed by atoms with Gasteiger partial charge in [-0.05, 0) is 23.3 Å². The zero-order valence-electron chi connectivity index (χ0n) is 10.1. The number of aromatic amines is 1. The van der Waals surface area contributed by atoms with Crippen LogP contribution in [0.15, 0.2) is 54.9 Å². The largest absolute Gasteiger partial charge is 0.345 e. The van der Waals surface area contributed by atoms with E-state index in [0.29, 0.717) is 0 Å². The van der Waals surface area contributed by atoms with Gasteiger partial charge in [0.05, 0.1) is 23.4 Å². The molecule has 3 aromatic rings. The van der Waals surface area contributed by atoms with Crippen molar-refractivity contribution in [3.8, 4) is 0 Å². The number of H-pyrrole nitrogens is 1. The number of rotatable bonds is 2. The van der Waals surface area contributed by atoms with Gasteiger partial charge >= 0.3 is 0 Å². The molecule has 0 saturated heterocycles. The molecule has 1 heterocycles. The van der Waals surface area contributed by atoms with Crippen LogP contribution in [0, 0.1) is 0 Å². The van der Waals surface area contributed by atoms with E-state index in [0.717, 1.165) is 22.2 Å². The minimum atomic E-state index is -0.0936. The van der Waals surface area contributed by atoms with Gasteiger partial charge in [-0.1, -0.05) is 36.4 Å². The van der Waals surface area contributed by atoms with Crippen molar-refractivity contribution in [3.63, 3.8) is 0 Å². The third-order valence-corrected chi connectivity index (χ3v) is 2.96. The van der Waals surface area contributed by atoms with Crippen LogP contribution in [0.1, 0.15) is 17.2 Å². The molecule has 3 rings (SSSR count). The minimum absolute atomic E-state index is 0. The average molecular weight is 296 g/mol. The van der Waals surface area contributed by atoms with Crippen molar-refractivity contribution < 1.29 is 0 Å². The van der Waals surface area contributed by atoms with Gasteiger partial charge in [-0.25, -0.2) is 4.98 Å². The highest BCUT2D eigenvalue weighted by Crippen LogP contribution is 2.21. The van der Waals surface area contributed by atoms with E-state index in [4.69, 9.17) is 5.73 Å². The molecule has 100 valence electrons. The summed E-state index contributed by atoms with van der Waals surface area (Å²) in [7, 11) is 0. The number of nitrogens with zero attached hydrogens (tertiary/aromatic N) is 1. The fraction of sp³-hybridized carbons (Fsp3) is 0.0714. The first-order chi connectivity index (χ1) is 8.34. The van der Waals surface area contributed by atoms with E-state index in [-0.39, 0.29) is 30.9 Å². The fourth-order valence-corrected chi connectivity index (χ4v) is 2.00. The molecule has 1 atom stereocenters. The summed E-state index contributed by atoms with van der Waals surface area (Å²) >= 11 is 0. The van der Waals surface area contributed by atoms with Gasteiger partial charge in [-0.3, -0.25) is 0 Å². The van der Waals surface area contributed by atoms with Crippen molar-refractivity contribution in [1.82, 2.24) is 9.97 Å². The molecule has 5 heteroatoms. The summed E-state index contributed by atoms with van der Waals surface area (Å²) < 4.78 is 0. The summed E-state index contributed by atoms with van der Waals surface area (Å²) in [4.78, 5) is 7.30. The summed E-state index contributed by atoms with van der Waals surface area (Å²) in [6, 6.07) is 16.1. The van der Waals surface area contributed by atoms with Gasteiger partial charge in [0.2, 0.25) is 0 Å². The first-order valence-corrected chi connectivity index (χ1v) is 5.58. The van der Waals surface area contributed by atoms with E-state index in [2.05, 4.69) is 16.0 Å². The van der Waals surface area contributed by atoms with Gasteiger partial charge in [0.1, 0.15) is 0 Å². The quantitative estimate of drug-likeness (QED) is 0.761. The Kier molecular flexibility index (Phi) is 5.36. The second-order valence-electron chi connectivity index (χ2n) is 4.07. The molecular formula is C14H15Cl2N3. The number of hydrogen-bond acceptors (Lipinski definition) is 2. The predicted octanol–water partition coefficient (Wildman–Crippen LogP) is 3.45. The number of benzene rings is 2. The van der Waals surface area contributed by atoms with E-state index >= 15 is 0 Å². The van der Waals surface area contributed by atoms with Crippen LogP contribution < -0.4 is 5.73 Å². The Balaban J connectivity index is 0.000000902. The Labute approximate surface area is 124 Å². The average Bonchev–Trinajstić information content (AvgIpc) is 2.86. The molecule has 0 fully saturated rings. The molecule has 0 bridgehead atoms. The molecule has 0 aliphatic rings. The Morgan fingerprint density at radius 2 is 1.68 bits per heavy atom. The number of nitrogens with two attached hydrogens (primary N) is 1. The van der Waals surface area contributed by atoms with Gasteiger partial charge in [0.15, 0.2) is 0 Å². The van der Waals surface area contributed by atoms with E-state index in [1.165, 1.54) is 0 Å². The number of nitrogens with one attached hydrogen (secondary N) is 1. The lowest BCUT2D eigenvalue weighted by molar-refractivity contribution is 0.873. The maximum atomic E-state index is 6.24. The lowest BCUT2D eigenvalue weighted by Crippen LogP contribution is -2.11. The van der Waals surface area contributed by atoms with Crippen LogP contribution in [0.3, 0.4) is 0 Å².